The fourth-order valence-electron chi connectivity index (χ4n) is 2.96. The van der Waals surface area contributed by atoms with E-state index in [9.17, 15) is 9.59 Å². The minimum atomic E-state index is -0.618. The van der Waals surface area contributed by atoms with Gasteiger partial charge in [0.1, 0.15) is 11.4 Å². The second kappa shape index (κ2) is 6.41. The van der Waals surface area contributed by atoms with Crippen molar-refractivity contribution in [3.8, 4) is 0 Å². The van der Waals surface area contributed by atoms with Crippen molar-refractivity contribution in [2.75, 3.05) is 13.7 Å². The third-order valence-corrected chi connectivity index (χ3v) is 5.29. The molecule has 7 heteroatoms. The number of methoxy groups -OCH3 is 1. The quantitative estimate of drug-likeness (QED) is 0.867. The molecule has 23 heavy (non-hydrogen) atoms. The smallest absolute Gasteiger partial charge is 0.332 e. The topological polar surface area (TPSA) is 81.3 Å². The normalized spacial score (nSPS) is 18.7. The van der Waals surface area contributed by atoms with E-state index in [1.165, 1.54) is 12.0 Å². The summed E-state index contributed by atoms with van der Waals surface area (Å²) in [5.74, 6) is 0.531. The van der Waals surface area contributed by atoms with Crippen LogP contribution in [0.4, 0.5) is 0 Å². The Hall–Kier alpha value is -1.73. The molecule has 1 aliphatic carbocycles. The predicted octanol–water partition coefficient (Wildman–Crippen LogP) is 2.36. The second-order valence-corrected chi connectivity index (χ2v) is 7.13. The first-order valence-corrected chi connectivity index (χ1v) is 8.54. The van der Waals surface area contributed by atoms with Crippen LogP contribution in [0.5, 0.6) is 0 Å². The summed E-state index contributed by atoms with van der Waals surface area (Å²) in [6, 6.07) is 0. The number of aromatic nitrogens is 2. The van der Waals surface area contributed by atoms with Crippen molar-refractivity contribution in [2.45, 2.75) is 39.2 Å². The molecule has 2 atom stereocenters. The Morgan fingerprint density at radius 2 is 2.30 bits per heavy atom. The van der Waals surface area contributed by atoms with E-state index in [2.05, 4.69) is 16.9 Å². The van der Waals surface area contributed by atoms with E-state index in [1.807, 2.05) is 0 Å². The molecule has 0 saturated carbocycles. The molecule has 0 radical (unpaired) electrons. The number of thiophene rings is 1. The lowest BCUT2D eigenvalue weighted by Crippen LogP contribution is -2.19. The number of rotatable bonds is 4. The monoisotopic (exact) mass is 336 g/mol. The van der Waals surface area contributed by atoms with E-state index in [-0.39, 0.29) is 12.2 Å². The molecule has 6 nitrogen and oxygen atoms in total. The number of ether oxygens (including phenoxy) is 2. The number of aryl methyl sites for hydroxylation is 1. The lowest BCUT2D eigenvalue weighted by atomic mass is 9.89. The molecule has 0 bridgehead atoms. The standard InChI is InChI=1S/C16H20N2O4S/c1-8-4-5-10-11(6-8)23-16-13(10)15(20)17-14(18-16)9(2)22-12(19)7-21-3/h8-9H,4-7H2,1-3H3,(H,17,18,20)/t8-,9+/m1/s1. The molecule has 0 aromatic carbocycles. The summed E-state index contributed by atoms with van der Waals surface area (Å²) in [5.41, 5.74) is 0.999. The fraction of sp³-hybridized carbons (Fsp3) is 0.562. The molecule has 124 valence electrons. The van der Waals surface area contributed by atoms with Crippen LogP contribution in [0.1, 0.15) is 42.6 Å². The first kappa shape index (κ1) is 16.1. The number of hydrogen-bond acceptors (Lipinski definition) is 6. The first-order valence-electron chi connectivity index (χ1n) is 7.72. The molecule has 2 aromatic rings. The van der Waals surface area contributed by atoms with Gasteiger partial charge in [-0.1, -0.05) is 6.92 Å². The molecular weight excluding hydrogens is 316 g/mol. The number of nitrogens with zero attached hydrogens (tertiary/aromatic N) is 1. The Labute approximate surface area is 137 Å². The van der Waals surface area contributed by atoms with Crippen molar-refractivity contribution in [1.82, 2.24) is 9.97 Å². The molecule has 1 aliphatic rings. The number of nitrogens with one attached hydrogen (secondary N) is 1. The number of carbonyl (C=O) groups is 1. The third-order valence-electron chi connectivity index (χ3n) is 4.14. The maximum atomic E-state index is 12.5. The fourth-order valence-corrected chi connectivity index (χ4v) is 4.35. The van der Waals surface area contributed by atoms with Gasteiger partial charge in [-0.05, 0) is 37.7 Å². The van der Waals surface area contributed by atoms with E-state index in [1.54, 1.807) is 18.3 Å². The Balaban J connectivity index is 1.95. The zero-order chi connectivity index (χ0) is 16.6. The van der Waals surface area contributed by atoms with E-state index in [4.69, 9.17) is 9.47 Å². The summed E-state index contributed by atoms with van der Waals surface area (Å²) in [5, 5.41) is 0.705. The molecule has 0 amide bonds. The highest BCUT2D eigenvalue weighted by molar-refractivity contribution is 7.18. The van der Waals surface area contributed by atoms with Crippen LogP contribution in [0.2, 0.25) is 0 Å². The van der Waals surface area contributed by atoms with Crippen LogP contribution in [0.25, 0.3) is 10.2 Å². The second-order valence-electron chi connectivity index (χ2n) is 6.05. The number of esters is 1. The zero-order valence-electron chi connectivity index (χ0n) is 13.5. The number of aromatic amines is 1. The van der Waals surface area contributed by atoms with Crippen LogP contribution in [0, 0.1) is 5.92 Å². The van der Waals surface area contributed by atoms with E-state index >= 15 is 0 Å². The maximum Gasteiger partial charge on any atom is 0.332 e. The molecule has 0 fully saturated rings. The van der Waals surface area contributed by atoms with Crippen molar-refractivity contribution in [1.29, 1.82) is 0 Å². The molecule has 0 saturated heterocycles. The highest BCUT2D eigenvalue weighted by Crippen LogP contribution is 2.35. The number of H-pyrrole nitrogens is 1. The minimum Gasteiger partial charge on any atom is -0.453 e. The van der Waals surface area contributed by atoms with Crippen LogP contribution in [-0.4, -0.2) is 29.7 Å². The van der Waals surface area contributed by atoms with Crippen molar-refractivity contribution in [2.24, 2.45) is 5.92 Å². The molecule has 3 rings (SSSR count). The van der Waals surface area contributed by atoms with Gasteiger partial charge in [-0.3, -0.25) is 4.79 Å². The van der Waals surface area contributed by atoms with Gasteiger partial charge in [-0.15, -0.1) is 11.3 Å². The Morgan fingerprint density at radius 3 is 3.04 bits per heavy atom. The summed E-state index contributed by atoms with van der Waals surface area (Å²) < 4.78 is 9.94. The summed E-state index contributed by atoms with van der Waals surface area (Å²) in [4.78, 5) is 33.3. The van der Waals surface area contributed by atoms with Crippen molar-refractivity contribution < 1.29 is 14.3 Å². The van der Waals surface area contributed by atoms with Crippen LogP contribution in [0.15, 0.2) is 4.79 Å². The lowest BCUT2D eigenvalue weighted by Gasteiger charge is -2.17. The highest BCUT2D eigenvalue weighted by Gasteiger charge is 2.24. The Kier molecular flexibility index (Phi) is 4.50. The van der Waals surface area contributed by atoms with Crippen molar-refractivity contribution in [3.63, 3.8) is 0 Å². The lowest BCUT2D eigenvalue weighted by molar-refractivity contribution is -0.153. The summed E-state index contributed by atoms with van der Waals surface area (Å²) in [6.07, 6.45) is 2.42. The van der Waals surface area contributed by atoms with Gasteiger partial charge in [0.15, 0.2) is 11.9 Å². The molecule has 1 N–H and O–H groups in total. The van der Waals surface area contributed by atoms with Gasteiger partial charge < -0.3 is 14.5 Å². The summed E-state index contributed by atoms with van der Waals surface area (Å²) >= 11 is 1.58. The highest BCUT2D eigenvalue weighted by atomic mass is 32.1. The van der Waals surface area contributed by atoms with E-state index in [0.717, 1.165) is 29.7 Å². The molecular formula is C16H20N2O4S. The Bertz CT molecular complexity index is 795. The molecule has 0 spiro atoms. The van der Waals surface area contributed by atoms with Crippen LogP contribution < -0.4 is 5.56 Å². The van der Waals surface area contributed by atoms with Crippen molar-refractivity contribution in [3.05, 3.63) is 26.6 Å². The number of carbonyl (C=O) groups excluding carboxylic acids is 1. The third kappa shape index (κ3) is 3.16. The molecule has 0 unspecified atom stereocenters. The van der Waals surface area contributed by atoms with Crippen LogP contribution >= 0.6 is 11.3 Å². The van der Waals surface area contributed by atoms with Gasteiger partial charge in [0, 0.05) is 12.0 Å². The SMILES string of the molecule is COCC(=O)O[C@@H](C)c1nc2sc3c(c2c(=O)[nH]1)CC[C@@H](C)C3. The molecule has 2 heterocycles. The average molecular weight is 336 g/mol. The average Bonchev–Trinajstić information content (AvgIpc) is 2.84. The van der Waals surface area contributed by atoms with Gasteiger partial charge in [0.05, 0.1) is 5.39 Å². The summed E-state index contributed by atoms with van der Waals surface area (Å²) in [6.45, 7) is 3.79. The van der Waals surface area contributed by atoms with Gasteiger partial charge in [-0.2, -0.15) is 0 Å². The number of hydrogen-bond donors (Lipinski definition) is 1. The minimum absolute atomic E-state index is 0.123. The van der Waals surface area contributed by atoms with E-state index in [0.29, 0.717) is 17.1 Å². The molecule has 0 aliphatic heterocycles. The van der Waals surface area contributed by atoms with Crippen LogP contribution in [-0.2, 0) is 27.1 Å². The van der Waals surface area contributed by atoms with Gasteiger partial charge in [-0.25, -0.2) is 9.78 Å². The van der Waals surface area contributed by atoms with Gasteiger partial charge in [0.2, 0.25) is 0 Å². The number of fused-ring (bicyclic) bond motifs is 3. The van der Waals surface area contributed by atoms with Gasteiger partial charge >= 0.3 is 5.97 Å². The Morgan fingerprint density at radius 1 is 1.52 bits per heavy atom. The van der Waals surface area contributed by atoms with Gasteiger partial charge in [0.25, 0.3) is 5.56 Å². The predicted molar refractivity (Wildman–Crippen MR) is 87.8 cm³/mol. The maximum absolute atomic E-state index is 12.5. The van der Waals surface area contributed by atoms with Crippen LogP contribution in [0.3, 0.4) is 0 Å². The summed E-state index contributed by atoms with van der Waals surface area (Å²) in [7, 11) is 1.43. The largest absolute Gasteiger partial charge is 0.453 e. The van der Waals surface area contributed by atoms with Crippen molar-refractivity contribution >= 4 is 27.5 Å². The zero-order valence-corrected chi connectivity index (χ0v) is 14.3. The first-order chi connectivity index (χ1) is 11.0. The molecule has 2 aromatic heterocycles. The van der Waals surface area contributed by atoms with E-state index < -0.39 is 12.1 Å².